The van der Waals surface area contributed by atoms with Gasteiger partial charge in [-0.2, -0.15) is 0 Å². The second kappa shape index (κ2) is 7.12. The standard InChI is InChI=1S/C15H18N2O6S/c1-10-11(2)23-14(16-10)9-22-15(18)12-6-5-7-13(8-12)24(19,20)17(3)21-4/h5-8H,9H2,1-4H3. The Hall–Kier alpha value is -2.23. The lowest BCUT2D eigenvalue weighted by Crippen LogP contribution is -2.25. The van der Waals surface area contributed by atoms with Gasteiger partial charge >= 0.3 is 5.97 Å². The van der Waals surface area contributed by atoms with Gasteiger partial charge in [0.25, 0.3) is 10.0 Å². The first-order valence-corrected chi connectivity index (χ1v) is 8.43. The number of hydrogen-bond donors (Lipinski definition) is 0. The van der Waals surface area contributed by atoms with Crippen molar-refractivity contribution in [1.82, 2.24) is 9.45 Å². The summed E-state index contributed by atoms with van der Waals surface area (Å²) >= 11 is 0. The molecule has 0 radical (unpaired) electrons. The highest BCUT2D eigenvalue weighted by Gasteiger charge is 2.22. The van der Waals surface area contributed by atoms with Crippen LogP contribution in [0.25, 0.3) is 0 Å². The van der Waals surface area contributed by atoms with E-state index in [1.54, 1.807) is 13.8 Å². The molecule has 2 aromatic rings. The molecule has 1 aromatic carbocycles. The molecular formula is C15H18N2O6S. The van der Waals surface area contributed by atoms with Crippen LogP contribution in [0.1, 0.15) is 27.7 Å². The van der Waals surface area contributed by atoms with Crippen LogP contribution < -0.4 is 0 Å². The average Bonchev–Trinajstić information content (AvgIpc) is 2.90. The summed E-state index contributed by atoms with van der Waals surface area (Å²) in [4.78, 5) is 20.8. The number of rotatable bonds is 6. The molecule has 9 heteroatoms. The van der Waals surface area contributed by atoms with Crippen molar-refractivity contribution in [3.8, 4) is 0 Å². The summed E-state index contributed by atoms with van der Waals surface area (Å²) in [6.45, 7) is 3.40. The van der Waals surface area contributed by atoms with Gasteiger partial charge < -0.3 is 9.15 Å². The number of ether oxygens (including phenoxy) is 1. The van der Waals surface area contributed by atoms with Gasteiger partial charge in [0, 0.05) is 7.05 Å². The fourth-order valence-electron chi connectivity index (χ4n) is 1.84. The van der Waals surface area contributed by atoms with E-state index in [1.807, 2.05) is 0 Å². The number of sulfonamides is 1. The van der Waals surface area contributed by atoms with Gasteiger partial charge in [0.2, 0.25) is 5.89 Å². The molecule has 0 fully saturated rings. The number of hydroxylamine groups is 1. The number of hydrogen-bond acceptors (Lipinski definition) is 7. The number of carbonyl (C=O) groups is 1. The van der Waals surface area contributed by atoms with Crippen LogP contribution in [0.3, 0.4) is 0 Å². The van der Waals surface area contributed by atoms with Gasteiger partial charge in [-0.3, -0.25) is 4.84 Å². The zero-order valence-corrected chi connectivity index (χ0v) is 14.6. The van der Waals surface area contributed by atoms with Crippen molar-refractivity contribution in [3.63, 3.8) is 0 Å². The predicted octanol–water partition coefficient (Wildman–Crippen LogP) is 1.83. The molecular weight excluding hydrogens is 336 g/mol. The van der Waals surface area contributed by atoms with E-state index < -0.39 is 16.0 Å². The third-order valence-electron chi connectivity index (χ3n) is 3.36. The Morgan fingerprint density at radius 3 is 2.62 bits per heavy atom. The summed E-state index contributed by atoms with van der Waals surface area (Å²) in [6.07, 6.45) is 0. The van der Waals surface area contributed by atoms with E-state index in [0.717, 1.165) is 5.69 Å². The molecule has 1 aromatic heterocycles. The Bertz CT molecular complexity index is 824. The lowest BCUT2D eigenvalue weighted by molar-refractivity contribution is -0.0258. The third kappa shape index (κ3) is 3.81. The summed E-state index contributed by atoms with van der Waals surface area (Å²) in [5.74, 6) is 0.249. The monoisotopic (exact) mass is 354 g/mol. The zero-order valence-electron chi connectivity index (χ0n) is 13.8. The molecule has 0 saturated carbocycles. The van der Waals surface area contributed by atoms with Crippen LogP contribution in [-0.4, -0.2) is 38.0 Å². The molecule has 24 heavy (non-hydrogen) atoms. The molecule has 0 spiro atoms. The van der Waals surface area contributed by atoms with Crippen molar-refractivity contribution in [1.29, 1.82) is 0 Å². The van der Waals surface area contributed by atoms with Gasteiger partial charge in [-0.05, 0) is 32.0 Å². The minimum atomic E-state index is -3.84. The minimum absolute atomic E-state index is 0.0795. The van der Waals surface area contributed by atoms with Crippen LogP contribution >= 0.6 is 0 Å². The quantitative estimate of drug-likeness (QED) is 0.576. The molecule has 0 bridgehead atoms. The van der Waals surface area contributed by atoms with Crippen LogP contribution in [-0.2, 0) is 26.2 Å². The SMILES string of the molecule is CON(C)S(=O)(=O)c1cccc(C(=O)OCc2nc(C)c(C)o2)c1. The second-order valence-corrected chi connectivity index (χ2v) is 6.89. The molecule has 0 aliphatic carbocycles. The number of aryl methyl sites for hydroxylation is 2. The molecule has 0 aliphatic heterocycles. The lowest BCUT2D eigenvalue weighted by Gasteiger charge is -2.14. The molecule has 0 amide bonds. The average molecular weight is 354 g/mol. The molecule has 0 unspecified atom stereocenters. The first-order chi connectivity index (χ1) is 11.3. The number of oxazole rings is 1. The number of carbonyl (C=O) groups excluding carboxylic acids is 1. The predicted molar refractivity (Wildman–Crippen MR) is 83.5 cm³/mol. The Morgan fingerprint density at radius 1 is 1.33 bits per heavy atom. The molecule has 0 aliphatic rings. The third-order valence-corrected chi connectivity index (χ3v) is 5.04. The topological polar surface area (TPSA) is 98.9 Å². The number of benzene rings is 1. The van der Waals surface area contributed by atoms with Crippen LogP contribution in [0.5, 0.6) is 0 Å². The normalized spacial score (nSPS) is 11.7. The fourth-order valence-corrected chi connectivity index (χ4v) is 2.86. The summed E-state index contributed by atoms with van der Waals surface area (Å²) in [5, 5.41) is 0. The minimum Gasteiger partial charge on any atom is -0.452 e. The van der Waals surface area contributed by atoms with E-state index >= 15 is 0 Å². The van der Waals surface area contributed by atoms with E-state index in [1.165, 1.54) is 38.4 Å². The van der Waals surface area contributed by atoms with Crippen molar-refractivity contribution in [2.45, 2.75) is 25.3 Å². The van der Waals surface area contributed by atoms with E-state index in [9.17, 15) is 13.2 Å². The zero-order chi connectivity index (χ0) is 17.9. The summed E-state index contributed by atoms with van der Waals surface area (Å²) < 4.78 is 35.5. The molecule has 2 rings (SSSR count). The number of esters is 1. The maximum Gasteiger partial charge on any atom is 0.338 e. The fraction of sp³-hybridized carbons (Fsp3) is 0.333. The summed E-state index contributed by atoms with van der Waals surface area (Å²) in [6, 6.07) is 5.49. The summed E-state index contributed by atoms with van der Waals surface area (Å²) in [5.41, 5.74) is 0.817. The van der Waals surface area contributed by atoms with E-state index in [2.05, 4.69) is 4.98 Å². The van der Waals surface area contributed by atoms with Gasteiger partial charge in [0.05, 0.1) is 23.3 Å². The van der Waals surface area contributed by atoms with E-state index in [-0.39, 0.29) is 23.0 Å². The van der Waals surface area contributed by atoms with Crippen LogP contribution in [0.4, 0.5) is 0 Å². The first-order valence-electron chi connectivity index (χ1n) is 6.99. The Kier molecular flexibility index (Phi) is 5.37. The van der Waals surface area contributed by atoms with Crippen LogP contribution in [0.2, 0.25) is 0 Å². The molecule has 0 atom stereocenters. The Morgan fingerprint density at radius 2 is 2.04 bits per heavy atom. The van der Waals surface area contributed by atoms with Gasteiger partial charge in [0.15, 0.2) is 6.61 Å². The van der Waals surface area contributed by atoms with Gasteiger partial charge in [-0.1, -0.05) is 10.5 Å². The smallest absolute Gasteiger partial charge is 0.338 e. The molecule has 0 saturated heterocycles. The van der Waals surface area contributed by atoms with Crippen molar-refractivity contribution < 1.29 is 27.2 Å². The van der Waals surface area contributed by atoms with Crippen molar-refractivity contribution in [3.05, 3.63) is 47.2 Å². The molecule has 0 N–H and O–H groups in total. The second-order valence-electron chi connectivity index (χ2n) is 4.95. The van der Waals surface area contributed by atoms with Crippen LogP contribution in [0, 0.1) is 13.8 Å². The Balaban J connectivity index is 2.14. The largest absolute Gasteiger partial charge is 0.452 e. The van der Waals surface area contributed by atoms with Gasteiger partial charge in [-0.25, -0.2) is 18.2 Å². The first kappa shape index (κ1) is 18.1. The molecule has 130 valence electrons. The van der Waals surface area contributed by atoms with Crippen molar-refractivity contribution in [2.24, 2.45) is 0 Å². The van der Waals surface area contributed by atoms with Gasteiger partial charge in [-0.15, -0.1) is 0 Å². The van der Waals surface area contributed by atoms with Gasteiger partial charge in [0.1, 0.15) is 5.76 Å². The highest BCUT2D eigenvalue weighted by molar-refractivity contribution is 7.89. The highest BCUT2D eigenvalue weighted by atomic mass is 32.2. The number of aromatic nitrogens is 1. The van der Waals surface area contributed by atoms with E-state index in [0.29, 0.717) is 10.2 Å². The lowest BCUT2D eigenvalue weighted by atomic mass is 10.2. The molecule has 1 heterocycles. The maximum atomic E-state index is 12.2. The van der Waals surface area contributed by atoms with E-state index in [4.69, 9.17) is 14.0 Å². The summed E-state index contributed by atoms with van der Waals surface area (Å²) in [7, 11) is -1.35. The Labute approximate surface area is 140 Å². The van der Waals surface area contributed by atoms with Crippen molar-refractivity contribution >= 4 is 16.0 Å². The molecule has 8 nitrogen and oxygen atoms in total. The number of nitrogens with zero attached hydrogens (tertiary/aromatic N) is 2. The van der Waals surface area contributed by atoms with Crippen LogP contribution in [0.15, 0.2) is 33.6 Å². The van der Waals surface area contributed by atoms with Crippen molar-refractivity contribution in [2.75, 3.05) is 14.2 Å². The highest BCUT2D eigenvalue weighted by Crippen LogP contribution is 2.17. The maximum absolute atomic E-state index is 12.2.